The van der Waals surface area contributed by atoms with Gasteiger partial charge in [0.15, 0.2) is 0 Å². The smallest absolute Gasteiger partial charge is 0.358 e. The van der Waals surface area contributed by atoms with Crippen molar-refractivity contribution in [1.82, 2.24) is 10.1 Å². The van der Waals surface area contributed by atoms with Gasteiger partial charge in [0.1, 0.15) is 0 Å². The maximum absolute atomic E-state index is 10.7. The van der Waals surface area contributed by atoms with Crippen LogP contribution in [0.3, 0.4) is 0 Å². The number of hydrogen-bond donors (Lipinski definition) is 3. The molecule has 0 saturated carbocycles. The molecule has 6 heteroatoms. The summed E-state index contributed by atoms with van der Waals surface area (Å²) in [6.07, 6.45) is 3.28. The largest absolute Gasteiger partial charge is 0.476 e. The van der Waals surface area contributed by atoms with Gasteiger partial charge in [0.05, 0.1) is 5.56 Å². The van der Waals surface area contributed by atoms with Crippen molar-refractivity contribution in [3.63, 3.8) is 0 Å². The predicted molar refractivity (Wildman–Crippen MR) is 47.7 cm³/mol. The lowest BCUT2D eigenvalue weighted by molar-refractivity contribution is 0.0686. The van der Waals surface area contributed by atoms with Gasteiger partial charge in [-0.05, 0) is 6.07 Å². The van der Waals surface area contributed by atoms with E-state index in [0.29, 0.717) is 11.1 Å². The summed E-state index contributed by atoms with van der Waals surface area (Å²) in [5.41, 5.74) is 6.23. The highest BCUT2D eigenvalue weighted by Gasteiger charge is 2.21. The summed E-state index contributed by atoms with van der Waals surface area (Å²) in [5, 5.41) is 12.1. The van der Waals surface area contributed by atoms with Crippen LogP contribution in [0.1, 0.15) is 10.5 Å². The normalized spacial score (nSPS) is 10.3. The maximum atomic E-state index is 10.7. The third-order valence-electron chi connectivity index (χ3n) is 1.81. The van der Waals surface area contributed by atoms with Crippen molar-refractivity contribution >= 4 is 11.9 Å². The van der Waals surface area contributed by atoms with Crippen LogP contribution in [0.25, 0.3) is 11.1 Å². The van der Waals surface area contributed by atoms with Crippen molar-refractivity contribution in [3.8, 4) is 11.1 Å². The third kappa shape index (κ3) is 1.13. The SMILES string of the molecule is Nc1onc(C(=O)O)c1-c1cc[nH]c1. The summed E-state index contributed by atoms with van der Waals surface area (Å²) in [6, 6.07) is 1.69. The molecule has 0 atom stereocenters. The molecular weight excluding hydrogens is 186 g/mol. The Bertz CT molecular complexity index is 458. The number of nitrogen functional groups attached to an aromatic ring is 1. The van der Waals surface area contributed by atoms with Crippen molar-refractivity contribution in [3.05, 3.63) is 24.2 Å². The van der Waals surface area contributed by atoms with Gasteiger partial charge in [0.2, 0.25) is 11.6 Å². The van der Waals surface area contributed by atoms with E-state index in [9.17, 15) is 4.79 Å². The molecule has 0 aromatic carbocycles. The van der Waals surface area contributed by atoms with E-state index in [2.05, 4.69) is 14.7 Å². The lowest BCUT2D eigenvalue weighted by atomic mass is 10.1. The zero-order chi connectivity index (χ0) is 10.1. The molecule has 2 rings (SSSR count). The minimum absolute atomic E-state index is 0.00185. The molecule has 0 unspecified atom stereocenters. The van der Waals surface area contributed by atoms with Crippen LogP contribution >= 0.6 is 0 Å². The number of nitrogens with two attached hydrogens (primary N) is 1. The van der Waals surface area contributed by atoms with E-state index in [4.69, 9.17) is 10.8 Å². The molecule has 72 valence electrons. The van der Waals surface area contributed by atoms with Gasteiger partial charge in [-0.2, -0.15) is 0 Å². The van der Waals surface area contributed by atoms with Crippen molar-refractivity contribution in [2.45, 2.75) is 0 Å². The summed E-state index contributed by atoms with van der Waals surface area (Å²) in [7, 11) is 0. The van der Waals surface area contributed by atoms with Crippen molar-refractivity contribution in [2.75, 3.05) is 5.73 Å². The molecule has 6 nitrogen and oxygen atoms in total. The second-order valence-corrected chi connectivity index (χ2v) is 2.68. The van der Waals surface area contributed by atoms with Crippen LogP contribution in [0, 0.1) is 0 Å². The van der Waals surface area contributed by atoms with Gasteiger partial charge in [0, 0.05) is 18.0 Å². The minimum Gasteiger partial charge on any atom is -0.476 e. The summed E-state index contributed by atoms with van der Waals surface area (Å²) in [6.45, 7) is 0. The van der Waals surface area contributed by atoms with Crippen LogP contribution in [0.5, 0.6) is 0 Å². The first-order valence-corrected chi connectivity index (χ1v) is 3.81. The molecule has 0 bridgehead atoms. The fraction of sp³-hybridized carbons (Fsp3) is 0. The number of nitrogens with one attached hydrogen (secondary N) is 1. The molecule has 2 aromatic rings. The van der Waals surface area contributed by atoms with Gasteiger partial charge in [0.25, 0.3) is 0 Å². The first kappa shape index (κ1) is 8.36. The van der Waals surface area contributed by atoms with Gasteiger partial charge in [-0.1, -0.05) is 5.16 Å². The number of aromatic nitrogens is 2. The monoisotopic (exact) mass is 193 g/mol. The number of carboxylic acids is 1. The number of carboxylic acid groups (broad SMARTS) is 1. The van der Waals surface area contributed by atoms with Crippen molar-refractivity contribution in [1.29, 1.82) is 0 Å². The van der Waals surface area contributed by atoms with E-state index in [1.807, 2.05) is 0 Å². The Labute approximate surface area is 78.3 Å². The molecule has 14 heavy (non-hydrogen) atoms. The van der Waals surface area contributed by atoms with E-state index in [1.54, 1.807) is 18.5 Å². The maximum Gasteiger partial charge on any atom is 0.358 e. The number of aromatic carboxylic acids is 1. The molecule has 2 heterocycles. The molecule has 0 fully saturated rings. The van der Waals surface area contributed by atoms with Gasteiger partial charge in [-0.3, -0.25) is 0 Å². The highest BCUT2D eigenvalue weighted by atomic mass is 16.5. The van der Waals surface area contributed by atoms with Crippen LogP contribution < -0.4 is 5.73 Å². The topological polar surface area (TPSA) is 105 Å². The molecule has 0 aliphatic carbocycles. The number of rotatable bonds is 2. The Morgan fingerprint density at radius 3 is 3.00 bits per heavy atom. The van der Waals surface area contributed by atoms with Gasteiger partial charge < -0.3 is 20.3 Å². The Morgan fingerprint density at radius 2 is 2.43 bits per heavy atom. The van der Waals surface area contributed by atoms with Crippen molar-refractivity contribution < 1.29 is 14.4 Å². The standard InChI is InChI=1S/C8H7N3O3/c9-7-5(4-1-2-10-3-4)6(8(12)13)11-14-7/h1-3,10H,9H2,(H,12,13). The summed E-state index contributed by atoms with van der Waals surface area (Å²) >= 11 is 0. The quantitative estimate of drug-likeness (QED) is 0.658. The van der Waals surface area contributed by atoms with Crippen LogP contribution in [-0.4, -0.2) is 21.2 Å². The Balaban J connectivity index is 2.62. The zero-order valence-electron chi connectivity index (χ0n) is 7.02. The van der Waals surface area contributed by atoms with Gasteiger partial charge in [-0.25, -0.2) is 4.79 Å². The summed E-state index contributed by atoms with van der Waals surface area (Å²) < 4.78 is 4.61. The van der Waals surface area contributed by atoms with E-state index < -0.39 is 5.97 Å². The first-order chi connectivity index (χ1) is 6.70. The Hall–Kier alpha value is -2.24. The van der Waals surface area contributed by atoms with Crippen LogP contribution in [-0.2, 0) is 0 Å². The second-order valence-electron chi connectivity index (χ2n) is 2.68. The molecule has 0 spiro atoms. The van der Waals surface area contributed by atoms with E-state index in [0.717, 1.165) is 0 Å². The molecule has 0 aliphatic rings. The van der Waals surface area contributed by atoms with Crippen molar-refractivity contribution in [2.24, 2.45) is 0 Å². The van der Waals surface area contributed by atoms with Crippen LogP contribution in [0.4, 0.5) is 5.88 Å². The molecule has 0 aliphatic heterocycles. The zero-order valence-corrected chi connectivity index (χ0v) is 7.02. The summed E-state index contributed by atoms with van der Waals surface area (Å²) in [5.74, 6) is -1.16. The van der Waals surface area contributed by atoms with Crippen LogP contribution in [0.15, 0.2) is 23.0 Å². The number of nitrogens with zero attached hydrogens (tertiary/aromatic N) is 1. The van der Waals surface area contributed by atoms with Gasteiger partial charge >= 0.3 is 5.97 Å². The average Bonchev–Trinajstić information content (AvgIpc) is 2.71. The number of hydrogen-bond acceptors (Lipinski definition) is 4. The van der Waals surface area contributed by atoms with Gasteiger partial charge in [-0.15, -0.1) is 0 Å². The number of anilines is 1. The lowest BCUT2D eigenvalue weighted by Gasteiger charge is -1.93. The van der Waals surface area contributed by atoms with Crippen LogP contribution in [0.2, 0.25) is 0 Å². The number of aromatic amines is 1. The highest BCUT2D eigenvalue weighted by Crippen LogP contribution is 2.28. The number of H-pyrrole nitrogens is 1. The summed E-state index contributed by atoms with van der Waals surface area (Å²) in [4.78, 5) is 13.5. The molecule has 4 N–H and O–H groups in total. The Morgan fingerprint density at radius 1 is 1.64 bits per heavy atom. The number of carbonyl (C=O) groups is 1. The van der Waals surface area contributed by atoms with E-state index in [-0.39, 0.29) is 11.6 Å². The molecular formula is C8H7N3O3. The van der Waals surface area contributed by atoms with E-state index >= 15 is 0 Å². The fourth-order valence-electron chi connectivity index (χ4n) is 1.21. The minimum atomic E-state index is -1.17. The second kappa shape index (κ2) is 2.91. The lowest BCUT2D eigenvalue weighted by Crippen LogP contribution is -1.99. The third-order valence-corrected chi connectivity index (χ3v) is 1.81. The van der Waals surface area contributed by atoms with E-state index in [1.165, 1.54) is 0 Å². The highest BCUT2D eigenvalue weighted by molar-refractivity contribution is 5.96. The first-order valence-electron chi connectivity index (χ1n) is 3.81. The Kier molecular flexibility index (Phi) is 1.74. The fourth-order valence-corrected chi connectivity index (χ4v) is 1.21. The molecule has 0 radical (unpaired) electrons. The average molecular weight is 193 g/mol. The molecule has 0 saturated heterocycles. The predicted octanol–water partition coefficient (Wildman–Crippen LogP) is 0.950. The molecule has 2 aromatic heterocycles. The molecule has 0 amide bonds.